The Labute approximate surface area is 119 Å². The minimum atomic E-state index is -4.21. The maximum Gasteiger partial charge on any atom is 0.117 e. The lowest BCUT2D eigenvalue weighted by Gasteiger charge is -2.13. The average molecular weight is 289 g/mol. The van der Waals surface area contributed by atoms with Gasteiger partial charge in [0, 0.05) is 5.41 Å². The van der Waals surface area contributed by atoms with Gasteiger partial charge in [0.05, 0.1) is 0 Å². The van der Waals surface area contributed by atoms with Gasteiger partial charge in [-0.15, -0.1) is 0 Å². The van der Waals surface area contributed by atoms with Crippen molar-refractivity contribution in [2.75, 3.05) is 0 Å². The van der Waals surface area contributed by atoms with Crippen molar-refractivity contribution in [3.8, 4) is 0 Å². The molecule has 0 aromatic rings. The Hall–Kier alpha value is -0.350. The van der Waals surface area contributed by atoms with Gasteiger partial charge in [0.2, 0.25) is 0 Å². The highest BCUT2D eigenvalue weighted by atomic mass is 32.2. The molecule has 0 spiro atoms. The molecule has 0 bridgehead atoms. The largest absolute Gasteiger partial charge is 0.744 e. The third kappa shape index (κ3) is 13.9. The summed E-state index contributed by atoms with van der Waals surface area (Å²) in [5.74, 6) is 1.68. The van der Waals surface area contributed by atoms with Gasteiger partial charge < -0.3 is 4.55 Å². The Kier molecular flexibility index (Phi) is 9.36. The van der Waals surface area contributed by atoms with E-state index in [9.17, 15) is 13.0 Å². The van der Waals surface area contributed by atoms with Gasteiger partial charge >= 0.3 is 0 Å². The Morgan fingerprint density at radius 3 is 1.95 bits per heavy atom. The minimum absolute atomic E-state index is 0.159. The monoisotopic (exact) mass is 289 g/mol. The smallest absolute Gasteiger partial charge is 0.117 e. The average Bonchev–Trinajstić information content (AvgIpc) is 2.25. The summed E-state index contributed by atoms with van der Waals surface area (Å²) in [6.45, 7) is 8.74. The molecule has 19 heavy (non-hydrogen) atoms. The van der Waals surface area contributed by atoms with Gasteiger partial charge in [0.15, 0.2) is 0 Å². The summed E-state index contributed by atoms with van der Waals surface area (Å²) in [5.41, 5.74) is 0. The van der Waals surface area contributed by atoms with Gasteiger partial charge in [-0.2, -0.15) is 0 Å². The van der Waals surface area contributed by atoms with Crippen molar-refractivity contribution in [3.63, 3.8) is 0 Å². The summed E-state index contributed by atoms with van der Waals surface area (Å²) in [4.78, 5) is 0. The molecule has 0 aromatic carbocycles. The summed E-state index contributed by atoms with van der Waals surface area (Å²) in [7, 11) is -4.21. The van der Waals surface area contributed by atoms with Crippen LogP contribution in [0, 0.1) is 17.8 Å². The summed E-state index contributed by atoms with van der Waals surface area (Å²) < 4.78 is 31.3. The van der Waals surface area contributed by atoms with Gasteiger partial charge in [0.25, 0.3) is 0 Å². The topological polar surface area (TPSA) is 57.2 Å². The predicted octanol–water partition coefficient (Wildman–Crippen LogP) is 4.31. The molecule has 0 radical (unpaired) electrons. The van der Waals surface area contributed by atoms with E-state index in [1.54, 1.807) is 0 Å². The molecular weight excluding hydrogens is 260 g/mol. The van der Waals surface area contributed by atoms with E-state index in [0.29, 0.717) is 0 Å². The molecule has 2 atom stereocenters. The molecule has 2 unspecified atom stereocenters. The van der Waals surface area contributed by atoms with Crippen molar-refractivity contribution in [3.05, 3.63) is 11.5 Å². The zero-order chi connectivity index (χ0) is 14.9. The van der Waals surface area contributed by atoms with E-state index in [1.165, 1.54) is 31.8 Å². The highest BCUT2D eigenvalue weighted by Crippen LogP contribution is 2.19. The number of rotatable bonds is 10. The molecule has 3 nitrogen and oxygen atoms in total. The van der Waals surface area contributed by atoms with Crippen molar-refractivity contribution >= 4 is 10.1 Å². The molecule has 0 heterocycles. The van der Waals surface area contributed by atoms with E-state index >= 15 is 0 Å². The second kappa shape index (κ2) is 9.54. The highest BCUT2D eigenvalue weighted by Gasteiger charge is 2.05. The van der Waals surface area contributed by atoms with Crippen molar-refractivity contribution in [1.82, 2.24) is 0 Å². The molecule has 0 saturated carbocycles. The third-order valence-corrected chi connectivity index (χ3v) is 3.90. The maximum absolute atomic E-state index is 10.4. The number of hydrogen-bond donors (Lipinski definition) is 0. The number of hydrogen-bond acceptors (Lipinski definition) is 3. The van der Waals surface area contributed by atoms with Crippen molar-refractivity contribution in [2.24, 2.45) is 17.8 Å². The molecule has 0 N–H and O–H groups in total. The zero-order valence-electron chi connectivity index (χ0n) is 12.8. The Bertz CT molecular complexity index is 344. The quantitative estimate of drug-likeness (QED) is 0.563. The van der Waals surface area contributed by atoms with Crippen LogP contribution in [0.15, 0.2) is 11.5 Å². The van der Waals surface area contributed by atoms with Crippen LogP contribution < -0.4 is 0 Å². The van der Waals surface area contributed by atoms with Gasteiger partial charge in [-0.1, -0.05) is 65.9 Å². The first kappa shape index (κ1) is 18.7. The molecule has 0 amide bonds. The fourth-order valence-electron chi connectivity index (χ4n) is 2.13. The number of allylic oxidation sites excluding steroid dienone is 1. The Balaban J connectivity index is 3.70. The summed E-state index contributed by atoms with van der Waals surface area (Å²) in [6.07, 6.45) is 8.59. The van der Waals surface area contributed by atoms with Crippen LogP contribution in [0.5, 0.6) is 0 Å². The van der Waals surface area contributed by atoms with Gasteiger partial charge in [-0.25, -0.2) is 8.42 Å². The first-order valence-electron chi connectivity index (χ1n) is 7.34. The van der Waals surface area contributed by atoms with E-state index in [1.807, 2.05) is 6.92 Å². The van der Waals surface area contributed by atoms with Crippen LogP contribution >= 0.6 is 0 Å². The molecule has 0 saturated heterocycles. The highest BCUT2D eigenvalue weighted by molar-refractivity contribution is 7.88. The van der Waals surface area contributed by atoms with Gasteiger partial charge in [-0.3, -0.25) is 0 Å². The minimum Gasteiger partial charge on any atom is -0.744 e. The van der Waals surface area contributed by atoms with Crippen molar-refractivity contribution in [1.29, 1.82) is 0 Å². The lowest BCUT2D eigenvalue weighted by Crippen LogP contribution is -1.99. The van der Waals surface area contributed by atoms with E-state index in [0.717, 1.165) is 30.1 Å². The molecule has 0 aromatic heterocycles. The SMILES string of the molecule is CC(C)CCCC(C)CCCC(C)/C=C/S(=O)(=O)[O-]. The van der Waals surface area contributed by atoms with E-state index in [2.05, 4.69) is 20.8 Å². The van der Waals surface area contributed by atoms with Crippen molar-refractivity contribution in [2.45, 2.75) is 66.2 Å². The molecular formula is C15H29O3S-. The molecule has 114 valence electrons. The fraction of sp³-hybridized carbons (Fsp3) is 0.867. The first-order valence-corrected chi connectivity index (χ1v) is 8.82. The van der Waals surface area contributed by atoms with E-state index in [4.69, 9.17) is 0 Å². The lowest BCUT2D eigenvalue weighted by atomic mass is 9.93. The maximum atomic E-state index is 10.4. The lowest BCUT2D eigenvalue weighted by molar-refractivity contribution is 0.413. The fourth-order valence-corrected chi connectivity index (χ4v) is 2.59. The van der Waals surface area contributed by atoms with Crippen LogP contribution in [0.3, 0.4) is 0 Å². The molecule has 4 heteroatoms. The van der Waals surface area contributed by atoms with Crippen LogP contribution in [0.1, 0.15) is 66.2 Å². The summed E-state index contributed by atoms with van der Waals surface area (Å²) >= 11 is 0. The standard InChI is InChI=1S/C15H30O3S/c1-13(2)7-5-8-14(3)9-6-10-15(4)11-12-19(16,17)18/h11-15H,5-10H2,1-4H3,(H,16,17,18)/p-1/b12-11+. The van der Waals surface area contributed by atoms with Gasteiger partial charge in [0.1, 0.15) is 10.1 Å². The van der Waals surface area contributed by atoms with Crippen LogP contribution in [0.2, 0.25) is 0 Å². The van der Waals surface area contributed by atoms with Gasteiger partial charge in [-0.05, 0) is 24.2 Å². The van der Waals surface area contributed by atoms with Crippen LogP contribution in [0.25, 0.3) is 0 Å². The third-order valence-electron chi connectivity index (χ3n) is 3.41. The van der Waals surface area contributed by atoms with Crippen LogP contribution in [-0.4, -0.2) is 13.0 Å². The second-order valence-corrected chi connectivity index (χ2v) is 7.42. The van der Waals surface area contributed by atoms with E-state index < -0.39 is 10.1 Å². The first-order chi connectivity index (χ1) is 8.70. The Morgan fingerprint density at radius 1 is 0.947 bits per heavy atom. The van der Waals surface area contributed by atoms with Crippen LogP contribution in [-0.2, 0) is 10.1 Å². The molecule has 0 rings (SSSR count). The predicted molar refractivity (Wildman–Crippen MR) is 79.7 cm³/mol. The summed E-state index contributed by atoms with van der Waals surface area (Å²) in [6, 6.07) is 0. The summed E-state index contributed by atoms with van der Waals surface area (Å²) in [5, 5.41) is 0.781. The van der Waals surface area contributed by atoms with Crippen molar-refractivity contribution < 1.29 is 13.0 Å². The normalized spacial score (nSPS) is 16.1. The van der Waals surface area contributed by atoms with Crippen LogP contribution in [0.4, 0.5) is 0 Å². The molecule has 0 aliphatic carbocycles. The molecule has 0 aliphatic heterocycles. The second-order valence-electron chi connectivity index (χ2n) is 6.16. The Morgan fingerprint density at radius 2 is 1.47 bits per heavy atom. The molecule has 0 aliphatic rings. The van der Waals surface area contributed by atoms with E-state index in [-0.39, 0.29) is 5.92 Å². The zero-order valence-corrected chi connectivity index (χ0v) is 13.6. The molecule has 0 fully saturated rings.